The number of nitrogens with zero attached hydrogens (tertiary/aromatic N) is 3. The zero-order valence-corrected chi connectivity index (χ0v) is 7.97. The van der Waals surface area contributed by atoms with Gasteiger partial charge in [0.1, 0.15) is 12.1 Å². The molecule has 1 radical (unpaired) electrons. The van der Waals surface area contributed by atoms with Gasteiger partial charge in [0.05, 0.1) is 17.3 Å². The van der Waals surface area contributed by atoms with Gasteiger partial charge in [-0.25, -0.2) is 0 Å². The van der Waals surface area contributed by atoms with Crippen LogP contribution in [0.4, 0.5) is 0 Å². The quantitative estimate of drug-likeness (QED) is 0.756. The Balaban J connectivity index is 2.47. The summed E-state index contributed by atoms with van der Waals surface area (Å²) in [6.07, 6.45) is 3.58. The van der Waals surface area contributed by atoms with Gasteiger partial charge in [-0.15, -0.1) is 0 Å². The molecule has 0 atom stereocenters. The van der Waals surface area contributed by atoms with E-state index in [0.29, 0.717) is 0 Å². The highest BCUT2D eigenvalue weighted by atomic mass is 16.6. The molecule has 0 aliphatic heterocycles. The van der Waals surface area contributed by atoms with Crippen LogP contribution < -0.4 is 4.74 Å². The van der Waals surface area contributed by atoms with Crippen LogP contribution in [-0.4, -0.2) is 4.98 Å². The van der Waals surface area contributed by atoms with E-state index in [-0.39, 0.29) is 23.0 Å². The highest BCUT2D eigenvalue weighted by Gasteiger charge is 2.12. The molecule has 0 N–H and O–H groups in total. The van der Waals surface area contributed by atoms with Crippen molar-refractivity contribution in [1.29, 1.82) is 10.5 Å². The van der Waals surface area contributed by atoms with Gasteiger partial charge in [0.2, 0.25) is 0 Å². The molecule has 0 aliphatic rings. The van der Waals surface area contributed by atoms with Crippen LogP contribution in [0.5, 0.6) is 11.8 Å². The Morgan fingerprint density at radius 2 is 1.94 bits per heavy atom. The van der Waals surface area contributed by atoms with E-state index < -0.39 is 0 Å². The van der Waals surface area contributed by atoms with Crippen LogP contribution in [0.25, 0.3) is 0 Å². The second kappa shape index (κ2) is 4.16. The molecule has 0 aliphatic carbocycles. The normalized spacial score (nSPS) is 9.12. The Labute approximate surface area is 91.1 Å². The second-order valence-corrected chi connectivity index (χ2v) is 2.75. The van der Waals surface area contributed by atoms with Crippen molar-refractivity contribution in [2.75, 3.05) is 0 Å². The van der Waals surface area contributed by atoms with E-state index in [0.717, 1.165) is 0 Å². The average molecular weight is 210 g/mol. The molecule has 0 saturated carbocycles. The Kier molecular flexibility index (Phi) is 2.53. The van der Waals surface area contributed by atoms with E-state index in [9.17, 15) is 0 Å². The highest BCUT2D eigenvalue weighted by Crippen LogP contribution is 2.27. The van der Waals surface area contributed by atoms with E-state index in [4.69, 9.17) is 19.7 Å². The summed E-state index contributed by atoms with van der Waals surface area (Å²) in [5, 5.41) is 17.7. The van der Waals surface area contributed by atoms with Gasteiger partial charge in [-0.05, 0) is 12.1 Å². The monoisotopic (exact) mass is 210 g/mol. The maximum Gasteiger partial charge on any atom is 0.399 e. The number of hydrogen-bond donors (Lipinski definition) is 0. The van der Waals surface area contributed by atoms with Gasteiger partial charge >= 0.3 is 6.08 Å². The summed E-state index contributed by atoms with van der Waals surface area (Å²) >= 11 is 0. The molecule has 5 heteroatoms. The minimum absolute atomic E-state index is 0.0563. The summed E-state index contributed by atoms with van der Waals surface area (Å²) in [6, 6.07) is 8.55. The molecule has 1 aromatic carbocycles. The smallest absolute Gasteiger partial charge is 0.399 e. The summed E-state index contributed by atoms with van der Waals surface area (Å²) in [5.41, 5.74) is 0.495. The van der Waals surface area contributed by atoms with Crippen molar-refractivity contribution >= 4 is 0 Å². The van der Waals surface area contributed by atoms with Gasteiger partial charge in [-0.3, -0.25) is 0 Å². The van der Waals surface area contributed by atoms with E-state index in [1.165, 1.54) is 6.20 Å². The van der Waals surface area contributed by atoms with Crippen molar-refractivity contribution in [3.8, 4) is 24.0 Å². The molecule has 0 amide bonds. The van der Waals surface area contributed by atoms with Crippen molar-refractivity contribution < 1.29 is 9.15 Å². The maximum absolute atomic E-state index is 8.87. The lowest BCUT2D eigenvalue weighted by Gasteiger charge is -2.04. The molecule has 75 valence electrons. The summed E-state index contributed by atoms with van der Waals surface area (Å²) in [4.78, 5) is 3.70. The third kappa shape index (κ3) is 1.70. The first-order valence-electron chi connectivity index (χ1n) is 4.28. The standard InChI is InChI=1S/C11H4N3O2/c12-6-8-2-1-3-9(7-13)10(8)16-11-14-4-5-15-11/h1-4H. The molecular formula is C11H4N3O2. The van der Waals surface area contributed by atoms with Gasteiger partial charge in [0.15, 0.2) is 12.0 Å². The Bertz CT molecular complexity index is 544. The molecule has 16 heavy (non-hydrogen) atoms. The Morgan fingerprint density at radius 1 is 1.25 bits per heavy atom. The lowest BCUT2D eigenvalue weighted by molar-refractivity contribution is 0.327. The predicted molar refractivity (Wildman–Crippen MR) is 51.3 cm³/mol. The van der Waals surface area contributed by atoms with Crippen LogP contribution in [0.1, 0.15) is 11.1 Å². The van der Waals surface area contributed by atoms with Gasteiger partial charge in [-0.2, -0.15) is 15.5 Å². The molecule has 0 saturated heterocycles. The molecule has 0 unspecified atom stereocenters. The number of rotatable bonds is 2. The minimum atomic E-state index is -0.0563. The third-order valence-corrected chi connectivity index (χ3v) is 1.81. The fourth-order valence-electron chi connectivity index (χ4n) is 1.14. The summed E-state index contributed by atoms with van der Waals surface area (Å²) in [5.74, 6) is 0.142. The first kappa shape index (κ1) is 9.75. The predicted octanol–water partition coefficient (Wildman–Crippen LogP) is 2.01. The lowest BCUT2D eigenvalue weighted by atomic mass is 10.1. The SMILES string of the molecule is N#Cc1cccc(C#N)c1Oc1nc[c]o1. The van der Waals surface area contributed by atoms with Crippen molar-refractivity contribution in [3.63, 3.8) is 0 Å². The van der Waals surface area contributed by atoms with Gasteiger partial charge in [-0.1, -0.05) is 6.07 Å². The van der Waals surface area contributed by atoms with E-state index in [1.807, 2.05) is 12.1 Å². The topological polar surface area (TPSA) is 82.8 Å². The van der Waals surface area contributed by atoms with Gasteiger partial charge in [0.25, 0.3) is 0 Å². The van der Waals surface area contributed by atoms with Crippen molar-refractivity contribution in [2.24, 2.45) is 0 Å². The summed E-state index contributed by atoms with van der Waals surface area (Å²) < 4.78 is 9.97. The van der Waals surface area contributed by atoms with Crippen LogP contribution in [0, 0.1) is 28.9 Å². The molecule has 1 heterocycles. The van der Waals surface area contributed by atoms with Crippen LogP contribution in [0.3, 0.4) is 0 Å². The lowest BCUT2D eigenvalue weighted by Crippen LogP contribution is -1.92. The fraction of sp³-hybridized carbons (Fsp3) is 0. The molecular weight excluding hydrogens is 206 g/mol. The number of ether oxygens (including phenoxy) is 1. The van der Waals surface area contributed by atoms with E-state index in [2.05, 4.69) is 11.2 Å². The largest absolute Gasteiger partial charge is 0.408 e. The zero-order valence-electron chi connectivity index (χ0n) is 7.97. The number of para-hydroxylation sites is 1. The van der Waals surface area contributed by atoms with Crippen molar-refractivity contribution in [1.82, 2.24) is 4.98 Å². The number of oxazole rings is 1. The second-order valence-electron chi connectivity index (χ2n) is 2.75. The minimum Gasteiger partial charge on any atom is -0.408 e. The van der Waals surface area contributed by atoms with E-state index in [1.54, 1.807) is 18.2 Å². The van der Waals surface area contributed by atoms with Crippen LogP contribution in [0.2, 0.25) is 0 Å². The number of aromatic nitrogens is 1. The van der Waals surface area contributed by atoms with Crippen LogP contribution >= 0.6 is 0 Å². The Morgan fingerprint density at radius 3 is 2.44 bits per heavy atom. The van der Waals surface area contributed by atoms with Gasteiger partial charge < -0.3 is 9.15 Å². The third-order valence-electron chi connectivity index (χ3n) is 1.81. The molecule has 2 aromatic rings. The summed E-state index contributed by atoms with van der Waals surface area (Å²) in [7, 11) is 0. The van der Waals surface area contributed by atoms with Crippen LogP contribution in [0.15, 0.2) is 28.8 Å². The molecule has 0 spiro atoms. The van der Waals surface area contributed by atoms with E-state index >= 15 is 0 Å². The maximum atomic E-state index is 8.87. The van der Waals surface area contributed by atoms with Gasteiger partial charge in [0, 0.05) is 0 Å². The van der Waals surface area contributed by atoms with Crippen molar-refractivity contribution in [2.45, 2.75) is 0 Å². The fourth-order valence-corrected chi connectivity index (χ4v) is 1.14. The first-order valence-corrected chi connectivity index (χ1v) is 4.28. The molecule has 0 bridgehead atoms. The molecule has 5 nitrogen and oxygen atoms in total. The first-order chi connectivity index (χ1) is 7.85. The summed E-state index contributed by atoms with van der Waals surface area (Å²) in [6.45, 7) is 0. The number of benzene rings is 1. The number of hydrogen-bond acceptors (Lipinski definition) is 5. The zero-order chi connectivity index (χ0) is 11.4. The average Bonchev–Trinajstić information content (AvgIpc) is 2.82. The van der Waals surface area contributed by atoms with Crippen LogP contribution in [-0.2, 0) is 0 Å². The highest BCUT2D eigenvalue weighted by molar-refractivity contribution is 5.54. The Hall–Kier alpha value is -2.79. The molecule has 2 rings (SSSR count). The number of nitriles is 2. The molecule has 1 aromatic heterocycles. The molecule has 0 fully saturated rings. The van der Waals surface area contributed by atoms with Crippen molar-refractivity contribution in [3.05, 3.63) is 41.8 Å².